The van der Waals surface area contributed by atoms with E-state index in [1.165, 1.54) is 6.42 Å². The molecule has 2 unspecified atom stereocenters. The molecule has 2 atom stereocenters. The second-order valence-electron chi connectivity index (χ2n) is 5.87. The quantitative estimate of drug-likeness (QED) is 0.817. The normalized spacial score (nSPS) is 29.8. The van der Waals surface area contributed by atoms with Crippen molar-refractivity contribution in [3.8, 4) is 0 Å². The molecule has 0 radical (unpaired) electrons. The Hall–Kier alpha value is -0.610. The Kier molecular flexibility index (Phi) is 5.01. The van der Waals surface area contributed by atoms with Crippen molar-refractivity contribution in [1.29, 1.82) is 0 Å². The Morgan fingerprint density at radius 2 is 2.06 bits per heavy atom. The number of carbonyl (C=O) groups excluding carboxylic acids is 1. The van der Waals surface area contributed by atoms with Gasteiger partial charge in [0.05, 0.1) is 6.54 Å². The smallest absolute Gasteiger partial charge is 0.236 e. The number of rotatable bonds is 4. The van der Waals surface area contributed by atoms with Gasteiger partial charge in [-0.2, -0.15) is 0 Å². The molecular formula is C14H26N2O2. The van der Waals surface area contributed by atoms with Crippen molar-refractivity contribution < 1.29 is 9.90 Å². The third-order valence-corrected chi connectivity index (χ3v) is 4.31. The third-order valence-electron chi connectivity index (χ3n) is 4.31. The van der Waals surface area contributed by atoms with Gasteiger partial charge in [0.15, 0.2) is 0 Å². The molecule has 4 heteroatoms. The van der Waals surface area contributed by atoms with E-state index in [1.54, 1.807) is 0 Å². The van der Waals surface area contributed by atoms with Gasteiger partial charge in [-0.3, -0.25) is 9.69 Å². The number of nitrogens with zero attached hydrogens (tertiary/aromatic N) is 2. The number of aliphatic hydroxyl groups is 1. The highest BCUT2D eigenvalue weighted by atomic mass is 16.3. The van der Waals surface area contributed by atoms with Crippen molar-refractivity contribution in [2.75, 3.05) is 32.8 Å². The number of carbonyl (C=O) groups is 1. The Morgan fingerprint density at radius 1 is 1.28 bits per heavy atom. The van der Waals surface area contributed by atoms with Crippen LogP contribution in [0.3, 0.4) is 0 Å². The fourth-order valence-electron chi connectivity index (χ4n) is 3.27. The molecule has 0 aromatic rings. The standard InChI is InChI=1S/C14H26N2O2/c1-12-4-2-8-16(10-12)14(18)11-15-7-3-5-13(15)6-9-17/h12-13,17H,2-11H2,1H3. The van der Waals surface area contributed by atoms with Crippen LogP contribution in [0.4, 0.5) is 0 Å². The SMILES string of the molecule is CC1CCCN(C(=O)CN2CCCC2CCO)C1. The number of aliphatic hydroxyl groups excluding tert-OH is 1. The molecule has 18 heavy (non-hydrogen) atoms. The molecule has 2 heterocycles. The summed E-state index contributed by atoms with van der Waals surface area (Å²) in [5.74, 6) is 0.931. The predicted octanol–water partition coefficient (Wildman–Crippen LogP) is 1.09. The molecule has 4 nitrogen and oxygen atoms in total. The number of likely N-dealkylation sites (tertiary alicyclic amines) is 2. The Balaban J connectivity index is 1.82. The Morgan fingerprint density at radius 3 is 2.78 bits per heavy atom. The van der Waals surface area contributed by atoms with Gasteiger partial charge in [0, 0.05) is 25.7 Å². The van der Waals surface area contributed by atoms with Gasteiger partial charge in [0.2, 0.25) is 5.91 Å². The first-order valence-corrected chi connectivity index (χ1v) is 7.33. The number of piperidine rings is 1. The van der Waals surface area contributed by atoms with Gasteiger partial charge in [-0.25, -0.2) is 0 Å². The maximum Gasteiger partial charge on any atom is 0.236 e. The minimum absolute atomic E-state index is 0.232. The zero-order chi connectivity index (χ0) is 13.0. The number of hydrogen-bond acceptors (Lipinski definition) is 3. The van der Waals surface area contributed by atoms with E-state index in [4.69, 9.17) is 5.11 Å². The van der Waals surface area contributed by atoms with Gasteiger partial charge < -0.3 is 10.0 Å². The summed E-state index contributed by atoms with van der Waals surface area (Å²) in [4.78, 5) is 16.6. The molecule has 0 saturated carbocycles. The molecular weight excluding hydrogens is 228 g/mol. The largest absolute Gasteiger partial charge is 0.396 e. The summed E-state index contributed by atoms with van der Waals surface area (Å²) in [5.41, 5.74) is 0. The molecule has 0 bridgehead atoms. The molecule has 2 aliphatic heterocycles. The first-order valence-electron chi connectivity index (χ1n) is 7.33. The van der Waals surface area contributed by atoms with E-state index in [0.717, 1.165) is 45.3 Å². The van der Waals surface area contributed by atoms with Crippen molar-refractivity contribution >= 4 is 5.91 Å². The zero-order valence-corrected chi connectivity index (χ0v) is 11.5. The summed E-state index contributed by atoms with van der Waals surface area (Å²) in [6.45, 7) is 5.89. The van der Waals surface area contributed by atoms with Crippen LogP contribution in [0.15, 0.2) is 0 Å². The van der Waals surface area contributed by atoms with Crippen LogP contribution < -0.4 is 0 Å². The molecule has 0 aromatic heterocycles. The highest BCUT2D eigenvalue weighted by molar-refractivity contribution is 5.78. The first-order chi connectivity index (χ1) is 8.70. The van der Waals surface area contributed by atoms with Crippen LogP contribution in [0.5, 0.6) is 0 Å². The van der Waals surface area contributed by atoms with Crippen LogP contribution in [-0.2, 0) is 4.79 Å². The van der Waals surface area contributed by atoms with Crippen LogP contribution in [0, 0.1) is 5.92 Å². The van der Waals surface area contributed by atoms with Crippen molar-refractivity contribution in [2.24, 2.45) is 5.92 Å². The summed E-state index contributed by atoms with van der Waals surface area (Å²) < 4.78 is 0. The summed E-state index contributed by atoms with van der Waals surface area (Å²) in [5, 5.41) is 9.04. The van der Waals surface area contributed by atoms with E-state index in [0.29, 0.717) is 18.5 Å². The van der Waals surface area contributed by atoms with E-state index in [1.807, 2.05) is 4.90 Å². The minimum atomic E-state index is 0.232. The third kappa shape index (κ3) is 3.45. The van der Waals surface area contributed by atoms with E-state index in [9.17, 15) is 4.79 Å². The summed E-state index contributed by atoms with van der Waals surface area (Å²) >= 11 is 0. The molecule has 1 N–H and O–H groups in total. The van der Waals surface area contributed by atoms with Crippen LogP contribution in [0.25, 0.3) is 0 Å². The highest BCUT2D eigenvalue weighted by Crippen LogP contribution is 2.21. The van der Waals surface area contributed by atoms with E-state index in [2.05, 4.69) is 11.8 Å². The second-order valence-corrected chi connectivity index (χ2v) is 5.87. The second kappa shape index (κ2) is 6.53. The summed E-state index contributed by atoms with van der Waals surface area (Å²) in [7, 11) is 0. The van der Waals surface area contributed by atoms with Gasteiger partial charge >= 0.3 is 0 Å². The van der Waals surface area contributed by atoms with Gasteiger partial charge in [0.1, 0.15) is 0 Å². The molecule has 2 aliphatic rings. The average Bonchev–Trinajstić information content (AvgIpc) is 2.77. The van der Waals surface area contributed by atoms with E-state index < -0.39 is 0 Å². The van der Waals surface area contributed by atoms with Gasteiger partial charge in [-0.15, -0.1) is 0 Å². The Labute approximate surface area is 110 Å². The van der Waals surface area contributed by atoms with Crippen LogP contribution >= 0.6 is 0 Å². The number of amides is 1. The van der Waals surface area contributed by atoms with Crippen LogP contribution in [0.1, 0.15) is 39.0 Å². The van der Waals surface area contributed by atoms with Gasteiger partial charge in [-0.1, -0.05) is 6.92 Å². The monoisotopic (exact) mass is 254 g/mol. The first kappa shape index (κ1) is 13.8. The van der Waals surface area contributed by atoms with Crippen LogP contribution in [-0.4, -0.2) is 59.6 Å². The number of hydrogen-bond donors (Lipinski definition) is 1. The minimum Gasteiger partial charge on any atom is -0.396 e. The maximum absolute atomic E-state index is 12.3. The zero-order valence-electron chi connectivity index (χ0n) is 11.5. The van der Waals surface area contributed by atoms with Gasteiger partial charge in [0.25, 0.3) is 0 Å². The maximum atomic E-state index is 12.3. The summed E-state index contributed by atoms with van der Waals surface area (Å²) in [6.07, 6.45) is 5.50. The van der Waals surface area contributed by atoms with Crippen molar-refractivity contribution in [2.45, 2.75) is 45.1 Å². The highest BCUT2D eigenvalue weighted by Gasteiger charge is 2.28. The lowest BCUT2D eigenvalue weighted by Crippen LogP contribution is -2.45. The molecule has 2 saturated heterocycles. The molecule has 104 valence electrons. The molecule has 1 amide bonds. The predicted molar refractivity (Wildman–Crippen MR) is 71.3 cm³/mol. The topological polar surface area (TPSA) is 43.8 Å². The lowest BCUT2D eigenvalue weighted by molar-refractivity contribution is -0.134. The lowest BCUT2D eigenvalue weighted by Gasteiger charge is -2.33. The fraction of sp³-hybridized carbons (Fsp3) is 0.929. The van der Waals surface area contributed by atoms with E-state index >= 15 is 0 Å². The van der Waals surface area contributed by atoms with Crippen molar-refractivity contribution in [1.82, 2.24) is 9.80 Å². The average molecular weight is 254 g/mol. The van der Waals surface area contributed by atoms with Gasteiger partial charge in [-0.05, 0) is 44.6 Å². The van der Waals surface area contributed by atoms with E-state index in [-0.39, 0.29) is 12.5 Å². The van der Waals surface area contributed by atoms with Crippen molar-refractivity contribution in [3.05, 3.63) is 0 Å². The van der Waals surface area contributed by atoms with Crippen LogP contribution in [0.2, 0.25) is 0 Å². The van der Waals surface area contributed by atoms with Crippen molar-refractivity contribution in [3.63, 3.8) is 0 Å². The molecule has 2 fully saturated rings. The molecule has 0 aromatic carbocycles. The summed E-state index contributed by atoms with van der Waals surface area (Å²) in [6, 6.07) is 0.418. The Bertz CT molecular complexity index is 283. The molecule has 0 spiro atoms. The molecule has 0 aliphatic carbocycles. The lowest BCUT2D eigenvalue weighted by atomic mass is 10.0. The molecule has 2 rings (SSSR count). The fourth-order valence-corrected chi connectivity index (χ4v) is 3.27.